The highest BCUT2D eigenvalue weighted by Gasteiger charge is 2.27. The van der Waals surface area contributed by atoms with Gasteiger partial charge in [-0.1, -0.05) is 70.3 Å². The maximum atomic E-state index is 12.5. The Balaban J connectivity index is 4.24. The van der Waals surface area contributed by atoms with Crippen LogP contribution in [0.25, 0.3) is 0 Å². The number of carbonyl (C=O) groups is 1. The Kier molecular flexibility index (Phi) is 15.1. The highest BCUT2D eigenvalue weighted by molar-refractivity contribution is 9.25. The first-order valence-corrected chi connectivity index (χ1v) is 12.2. The van der Waals surface area contributed by atoms with Gasteiger partial charge in [0.15, 0.2) is 0 Å². The molecule has 0 aliphatic rings. The Morgan fingerprint density at radius 2 is 1.42 bits per heavy atom. The summed E-state index contributed by atoms with van der Waals surface area (Å²) in [7, 11) is -3.66. The van der Waals surface area contributed by atoms with Crippen molar-refractivity contribution in [2.75, 3.05) is 26.4 Å². The third-order valence-electron chi connectivity index (χ3n) is 2.29. The SMILES string of the molecule is C=C(C)C(=O)OCCCOP(=O)(OCCC(Br)Br)OCCC(Br)Br. The number of rotatable bonds is 14. The van der Waals surface area contributed by atoms with Crippen LogP contribution in [0.15, 0.2) is 12.2 Å². The molecule has 0 unspecified atom stereocenters. The van der Waals surface area contributed by atoms with Crippen molar-refractivity contribution in [2.45, 2.75) is 33.7 Å². The molecule has 0 atom stereocenters. The lowest BCUT2D eigenvalue weighted by Crippen LogP contribution is -2.10. The highest BCUT2D eigenvalue weighted by Crippen LogP contribution is 2.50. The lowest BCUT2D eigenvalue weighted by Gasteiger charge is -2.18. The first-order valence-electron chi connectivity index (χ1n) is 7.09. The summed E-state index contributed by atoms with van der Waals surface area (Å²) in [4.78, 5) is 11.2. The van der Waals surface area contributed by atoms with Gasteiger partial charge in [0.1, 0.15) is 0 Å². The molecular weight excluding hydrogens is 603 g/mol. The summed E-state index contributed by atoms with van der Waals surface area (Å²) < 4.78 is 33.4. The number of ether oxygens (including phenoxy) is 1. The van der Waals surface area contributed by atoms with Crippen molar-refractivity contribution in [3.8, 4) is 0 Å². The van der Waals surface area contributed by atoms with E-state index in [4.69, 9.17) is 18.3 Å². The number of esters is 1. The predicted molar refractivity (Wildman–Crippen MR) is 108 cm³/mol. The number of phosphoric acid groups is 1. The molecule has 6 nitrogen and oxygen atoms in total. The van der Waals surface area contributed by atoms with Crippen molar-refractivity contribution in [1.82, 2.24) is 0 Å². The summed E-state index contributed by atoms with van der Waals surface area (Å²) in [6, 6.07) is 0. The van der Waals surface area contributed by atoms with Crippen LogP contribution in [0.1, 0.15) is 26.2 Å². The van der Waals surface area contributed by atoms with Gasteiger partial charge < -0.3 is 4.74 Å². The van der Waals surface area contributed by atoms with E-state index in [-0.39, 0.29) is 33.9 Å². The van der Waals surface area contributed by atoms with Crippen LogP contribution in [-0.4, -0.2) is 39.9 Å². The molecule has 0 spiro atoms. The Labute approximate surface area is 176 Å². The molecule has 0 heterocycles. The average molecular weight is 624 g/mol. The van der Waals surface area contributed by atoms with Crippen molar-refractivity contribution in [2.24, 2.45) is 0 Å². The molecule has 0 rings (SSSR count). The van der Waals surface area contributed by atoms with Gasteiger partial charge in [0.2, 0.25) is 0 Å². The molecule has 11 heteroatoms. The lowest BCUT2D eigenvalue weighted by molar-refractivity contribution is -0.139. The van der Waals surface area contributed by atoms with Crippen LogP contribution in [0, 0.1) is 0 Å². The summed E-state index contributed by atoms with van der Waals surface area (Å²) in [6.07, 6.45) is 1.55. The van der Waals surface area contributed by atoms with E-state index >= 15 is 0 Å². The van der Waals surface area contributed by atoms with Gasteiger partial charge in [-0.3, -0.25) is 13.6 Å². The maximum Gasteiger partial charge on any atom is 0.474 e. The van der Waals surface area contributed by atoms with Crippen molar-refractivity contribution in [1.29, 1.82) is 0 Å². The third-order valence-corrected chi connectivity index (χ3v) is 5.62. The fourth-order valence-corrected chi connectivity index (χ4v) is 3.12. The summed E-state index contributed by atoms with van der Waals surface area (Å²) in [5.74, 6) is -0.466. The summed E-state index contributed by atoms with van der Waals surface area (Å²) in [5.41, 5.74) is 0.325. The Morgan fingerprint density at radius 1 is 0.958 bits per heavy atom. The topological polar surface area (TPSA) is 71.1 Å². The minimum Gasteiger partial charge on any atom is -0.462 e. The first-order chi connectivity index (χ1) is 11.2. The number of hydrogen-bond acceptors (Lipinski definition) is 6. The molecule has 0 aliphatic heterocycles. The van der Waals surface area contributed by atoms with Crippen molar-refractivity contribution >= 4 is 77.5 Å². The van der Waals surface area contributed by atoms with Gasteiger partial charge in [0, 0.05) is 12.0 Å². The molecule has 0 saturated heterocycles. The van der Waals surface area contributed by atoms with E-state index in [0.717, 1.165) is 0 Å². The van der Waals surface area contributed by atoms with Gasteiger partial charge in [-0.05, 0) is 19.8 Å². The molecule has 0 N–H and O–H groups in total. The second-order valence-electron chi connectivity index (χ2n) is 4.58. The number of phosphoric ester groups is 1. The second kappa shape index (κ2) is 14.3. The lowest BCUT2D eigenvalue weighted by atomic mass is 10.4. The number of halogens is 4. The van der Waals surface area contributed by atoms with Crippen LogP contribution >= 0.6 is 71.5 Å². The molecule has 0 aromatic carbocycles. The van der Waals surface area contributed by atoms with Crippen LogP contribution in [-0.2, 0) is 27.7 Å². The fourth-order valence-electron chi connectivity index (χ4n) is 1.14. The van der Waals surface area contributed by atoms with Crippen LogP contribution in [0.4, 0.5) is 0 Å². The molecule has 0 amide bonds. The minimum absolute atomic E-state index is 0.0504. The molecule has 142 valence electrons. The molecule has 0 fully saturated rings. The Hall–Kier alpha value is 1.24. The molecule has 0 aliphatic carbocycles. The quantitative estimate of drug-likeness (QED) is 0.0817. The van der Waals surface area contributed by atoms with E-state index in [1.165, 1.54) is 0 Å². The van der Waals surface area contributed by atoms with Gasteiger partial charge in [0.05, 0.1) is 33.9 Å². The molecule has 0 bridgehead atoms. The minimum atomic E-state index is -3.66. The maximum absolute atomic E-state index is 12.5. The zero-order chi connectivity index (χ0) is 18.6. The average Bonchev–Trinajstić information content (AvgIpc) is 2.45. The zero-order valence-corrected chi connectivity index (χ0v) is 20.5. The van der Waals surface area contributed by atoms with E-state index in [1.807, 2.05) is 0 Å². The molecule has 24 heavy (non-hydrogen) atoms. The highest BCUT2D eigenvalue weighted by atomic mass is 79.9. The molecule has 0 saturated carbocycles. The Morgan fingerprint density at radius 3 is 1.83 bits per heavy atom. The monoisotopic (exact) mass is 620 g/mol. The third kappa shape index (κ3) is 14.4. The number of alkyl halides is 4. The van der Waals surface area contributed by atoms with Crippen LogP contribution in [0.3, 0.4) is 0 Å². The summed E-state index contributed by atoms with van der Waals surface area (Å²) >= 11 is 13.2. The van der Waals surface area contributed by atoms with E-state index in [1.54, 1.807) is 6.92 Å². The molecular formula is C13H21Br4O6P. The van der Waals surface area contributed by atoms with Gasteiger partial charge >= 0.3 is 13.8 Å². The first kappa shape index (κ1) is 25.2. The van der Waals surface area contributed by atoms with Gasteiger partial charge in [0.25, 0.3) is 0 Å². The van der Waals surface area contributed by atoms with Crippen LogP contribution in [0.5, 0.6) is 0 Å². The van der Waals surface area contributed by atoms with E-state index in [2.05, 4.69) is 70.3 Å². The predicted octanol–water partition coefficient (Wildman–Crippen LogP) is 5.67. The molecule has 0 aromatic heterocycles. The molecule has 0 aromatic rings. The van der Waals surface area contributed by atoms with Crippen LogP contribution in [0.2, 0.25) is 0 Å². The number of carbonyl (C=O) groups excluding carboxylic acids is 1. The normalized spacial score (nSPS) is 12.0. The Bertz CT molecular complexity index is 415. The van der Waals surface area contributed by atoms with Gasteiger partial charge in [-0.2, -0.15) is 0 Å². The van der Waals surface area contributed by atoms with E-state index in [9.17, 15) is 9.36 Å². The second-order valence-corrected chi connectivity index (χ2v) is 13.1. The zero-order valence-electron chi connectivity index (χ0n) is 13.2. The van der Waals surface area contributed by atoms with Crippen molar-refractivity contribution in [3.63, 3.8) is 0 Å². The molecule has 0 radical (unpaired) electrons. The smallest absolute Gasteiger partial charge is 0.462 e. The number of hydrogen-bond donors (Lipinski definition) is 0. The van der Waals surface area contributed by atoms with Crippen molar-refractivity contribution in [3.05, 3.63) is 12.2 Å². The van der Waals surface area contributed by atoms with Crippen LogP contribution < -0.4 is 0 Å². The largest absolute Gasteiger partial charge is 0.474 e. The van der Waals surface area contributed by atoms with E-state index < -0.39 is 13.8 Å². The standard InChI is InChI=1S/C13H21Br4O6P/c1-10(2)13(18)20-6-3-7-21-24(19,22-8-4-11(14)15)23-9-5-12(16)17/h11-12H,1,3-9H2,2H3. The van der Waals surface area contributed by atoms with Gasteiger partial charge in [-0.25, -0.2) is 9.36 Å². The summed E-state index contributed by atoms with van der Waals surface area (Å²) in [6.45, 7) is 5.68. The van der Waals surface area contributed by atoms with Crippen molar-refractivity contribution < 1.29 is 27.7 Å². The summed E-state index contributed by atoms with van der Waals surface area (Å²) in [5, 5.41) is 0. The van der Waals surface area contributed by atoms with Gasteiger partial charge in [-0.15, -0.1) is 0 Å². The van der Waals surface area contributed by atoms with E-state index in [0.29, 0.717) is 24.8 Å². The fraction of sp³-hybridized carbons (Fsp3) is 0.769.